The van der Waals surface area contributed by atoms with Crippen molar-refractivity contribution in [2.45, 2.75) is 25.2 Å². The van der Waals surface area contributed by atoms with Gasteiger partial charge in [-0.1, -0.05) is 12.1 Å². The highest BCUT2D eigenvalue weighted by Gasteiger charge is 2.28. The van der Waals surface area contributed by atoms with Crippen molar-refractivity contribution in [1.29, 1.82) is 0 Å². The monoisotopic (exact) mass is 442 g/mol. The lowest BCUT2D eigenvalue weighted by atomic mass is 9.98. The molecular formula is C24H24F2N2O4. The van der Waals surface area contributed by atoms with Crippen LogP contribution in [0.2, 0.25) is 0 Å². The molecule has 0 unspecified atom stereocenters. The maximum Gasteiger partial charge on any atom is 0.260 e. The second kappa shape index (κ2) is 9.80. The number of rotatable bonds is 7. The summed E-state index contributed by atoms with van der Waals surface area (Å²) in [5, 5.41) is 0. The lowest BCUT2D eigenvalue weighted by Gasteiger charge is -2.31. The standard InChI is InChI=1S/C24H24F2N2O4/c1-30-19-7-4-16(5-8-19)11-20-13-27-24(32-20)17-3-2-10-28(14-17)23(29)15-31-22-9-6-18(25)12-21(22)26/h4-9,12-13,17H,2-3,10-11,14-15H2,1H3/t17-/m1/s1. The summed E-state index contributed by atoms with van der Waals surface area (Å²) in [6.07, 6.45) is 4.00. The molecule has 4 rings (SSSR count). The molecule has 8 heteroatoms. The number of carbonyl (C=O) groups excluding carboxylic acids is 1. The summed E-state index contributed by atoms with van der Waals surface area (Å²) in [6, 6.07) is 10.7. The number of hydrogen-bond acceptors (Lipinski definition) is 5. The minimum atomic E-state index is -0.835. The van der Waals surface area contributed by atoms with E-state index in [1.54, 1.807) is 18.2 Å². The molecular weight excluding hydrogens is 418 g/mol. The number of hydrogen-bond donors (Lipinski definition) is 0. The number of oxazole rings is 1. The Bertz CT molecular complexity index is 1070. The Morgan fingerprint density at radius 1 is 1.22 bits per heavy atom. The molecule has 6 nitrogen and oxygen atoms in total. The topological polar surface area (TPSA) is 64.8 Å². The van der Waals surface area contributed by atoms with E-state index in [4.69, 9.17) is 13.9 Å². The molecule has 0 saturated carbocycles. The van der Waals surface area contributed by atoms with Crippen LogP contribution in [0.25, 0.3) is 0 Å². The first-order valence-electron chi connectivity index (χ1n) is 10.4. The summed E-state index contributed by atoms with van der Waals surface area (Å²) in [4.78, 5) is 18.7. The fourth-order valence-electron chi connectivity index (χ4n) is 3.77. The van der Waals surface area contributed by atoms with Gasteiger partial charge < -0.3 is 18.8 Å². The zero-order valence-electron chi connectivity index (χ0n) is 17.7. The van der Waals surface area contributed by atoms with Gasteiger partial charge in [0, 0.05) is 25.6 Å². The average Bonchev–Trinajstić information content (AvgIpc) is 3.27. The molecule has 0 radical (unpaired) electrons. The van der Waals surface area contributed by atoms with Crippen molar-refractivity contribution >= 4 is 5.91 Å². The molecule has 1 aliphatic heterocycles. The minimum Gasteiger partial charge on any atom is -0.497 e. The summed E-state index contributed by atoms with van der Waals surface area (Å²) >= 11 is 0. The van der Waals surface area contributed by atoms with Crippen LogP contribution in [0, 0.1) is 11.6 Å². The van der Waals surface area contributed by atoms with E-state index < -0.39 is 11.6 Å². The molecule has 3 aromatic rings. The van der Waals surface area contributed by atoms with Gasteiger partial charge >= 0.3 is 0 Å². The van der Waals surface area contributed by atoms with Crippen molar-refractivity contribution in [3.05, 3.63) is 77.5 Å². The smallest absolute Gasteiger partial charge is 0.260 e. The molecule has 1 saturated heterocycles. The zero-order chi connectivity index (χ0) is 22.5. The fraction of sp³-hybridized carbons (Fsp3) is 0.333. The van der Waals surface area contributed by atoms with E-state index in [-0.39, 0.29) is 24.2 Å². The molecule has 0 spiro atoms. The normalized spacial score (nSPS) is 16.1. The molecule has 1 fully saturated rings. The molecule has 1 aromatic heterocycles. The summed E-state index contributed by atoms with van der Waals surface area (Å²) in [7, 11) is 1.63. The van der Waals surface area contributed by atoms with Gasteiger partial charge in [-0.3, -0.25) is 4.79 Å². The Morgan fingerprint density at radius 2 is 2.03 bits per heavy atom. The zero-order valence-corrected chi connectivity index (χ0v) is 17.7. The second-order valence-corrected chi connectivity index (χ2v) is 7.73. The van der Waals surface area contributed by atoms with Crippen molar-refractivity contribution in [3.8, 4) is 11.5 Å². The van der Waals surface area contributed by atoms with Crippen LogP contribution in [0.15, 0.2) is 53.1 Å². The summed E-state index contributed by atoms with van der Waals surface area (Å²) < 4.78 is 43.1. The average molecular weight is 442 g/mol. The third-order valence-electron chi connectivity index (χ3n) is 5.48. The van der Waals surface area contributed by atoms with Crippen LogP contribution < -0.4 is 9.47 Å². The number of aromatic nitrogens is 1. The molecule has 0 N–H and O–H groups in total. The van der Waals surface area contributed by atoms with Gasteiger partial charge in [-0.15, -0.1) is 0 Å². The van der Waals surface area contributed by atoms with E-state index in [1.165, 1.54) is 6.07 Å². The van der Waals surface area contributed by atoms with E-state index in [2.05, 4.69) is 4.98 Å². The molecule has 1 aliphatic rings. The van der Waals surface area contributed by atoms with Crippen LogP contribution in [-0.2, 0) is 11.2 Å². The molecule has 1 atom stereocenters. The SMILES string of the molecule is COc1ccc(Cc2cnc([C@@H]3CCCN(C(=O)COc4ccc(F)cc4F)C3)o2)cc1. The highest BCUT2D eigenvalue weighted by atomic mass is 19.1. The highest BCUT2D eigenvalue weighted by molar-refractivity contribution is 5.78. The number of piperidine rings is 1. The lowest BCUT2D eigenvalue weighted by Crippen LogP contribution is -2.41. The molecule has 0 bridgehead atoms. The molecule has 0 aliphatic carbocycles. The van der Waals surface area contributed by atoms with Crippen LogP contribution >= 0.6 is 0 Å². The molecule has 168 valence electrons. The fourth-order valence-corrected chi connectivity index (χ4v) is 3.77. The molecule has 1 amide bonds. The Kier molecular flexibility index (Phi) is 6.68. The Morgan fingerprint density at radius 3 is 2.78 bits per heavy atom. The first-order chi connectivity index (χ1) is 15.5. The number of halogens is 2. The quantitative estimate of drug-likeness (QED) is 0.545. The van der Waals surface area contributed by atoms with Crippen LogP contribution in [0.1, 0.15) is 36.0 Å². The first-order valence-corrected chi connectivity index (χ1v) is 10.4. The van der Waals surface area contributed by atoms with Crippen LogP contribution in [0.3, 0.4) is 0 Å². The maximum absolute atomic E-state index is 13.7. The van der Waals surface area contributed by atoms with Gasteiger partial charge in [-0.25, -0.2) is 13.8 Å². The number of benzene rings is 2. The minimum absolute atomic E-state index is 0.0140. The predicted octanol–water partition coefficient (Wildman–Crippen LogP) is 4.34. The number of nitrogens with zero attached hydrogens (tertiary/aromatic N) is 2. The number of ether oxygens (including phenoxy) is 2. The van der Waals surface area contributed by atoms with Crippen molar-refractivity contribution in [2.24, 2.45) is 0 Å². The Hall–Kier alpha value is -3.42. The van der Waals surface area contributed by atoms with Gasteiger partial charge in [-0.05, 0) is 42.7 Å². The van der Waals surface area contributed by atoms with Gasteiger partial charge in [0.2, 0.25) is 0 Å². The summed E-state index contributed by atoms with van der Waals surface area (Å²) in [5.41, 5.74) is 1.08. The molecule has 2 heterocycles. The van der Waals surface area contributed by atoms with Crippen LogP contribution in [-0.4, -0.2) is 42.6 Å². The van der Waals surface area contributed by atoms with Crippen molar-refractivity contribution in [3.63, 3.8) is 0 Å². The van der Waals surface area contributed by atoms with E-state index in [0.29, 0.717) is 25.4 Å². The summed E-state index contributed by atoms with van der Waals surface area (Å²) in [5.74, 6) is 0.203. The lowest BCUT2D eigenvalue weighted by molar-refractivity contribution is -0.134. The van der Waals surface area contributed by atoms with Crippen LogP contribution in [0.4, 0.5) is 8.78 Å². The van der Waals surface area contributed by atoms with Gasteiger partial charge in [0.1, 0.15) is 17.3 Å². The molecule has 32 heavy (non-hydrogen) atoms. The maximum atomic E-state index is 13.7. The van der Waals surface area contributed by atoms with Crippen molar-refractivity contribution in [1.82, 2.24) is 9.88 Å². The third-order valence-corrected chi connectivity index (χ3v) is 5.48. The van der Waals surface area contributed by atoms with E-state index in [1.807, 2.05) is 24.3 Å². The Labute approximate surface area is 184 Å². The van der Waals surface area contributed by atoms with E-state index >= 15 is 0 Å². The van der Waals surface area contributed by atoms with Crippen molar-refractivity contribution < 1.29 is 27.5 Å². The number of amides is 1. The van der Waals surface area contributed by atoms with Crippen LogP contribution in [0.5, 0.6) is 11.5 Å². The Balaban J connectivity index is 1.33. The van der Waals surface area contributed by atoms with E-state index in [0.717, 1.165) is 42.0 Å². The number of methoxy groups -OCH3 is 1. The van der Waals surface area contributed by atoms with Gasteiger partial charge in [0.05, 0.1) is 19.2 Å². The highest BCUT2D eigenvalue weighted by Crippen LogP contribution is 2.28. The predicted molar refractivity (Wildman–Crippen MR) is 113 cm³/mol. The molecule has 2 aromatic carbocycles. The summed E-state index contributed by atoms with van der Waals surface area (Å²) in [6.45, 7) is 0.726. The van der Waals surface area contributed by atoms with E-state index in [9.17, 15) is 13.6 Å². The number of carbonyl (C=O) groups is 1. The van der Waals surface area contributed by atoms with Crippen molar-refractivity contribution in [2.75, 3.05) is 26.8 Å². The third kappa shape index (κ3) is 5.25. The van der Waals surface area contributed by atoms with Gasteiger partial charge in [-0.2, -0.15) is 0 Å². The largest absolute Gasteiger partial charge is 0.497 e. The number of likely N-dealkylation sites (tertiary alicyclic amines) is 1. The van der Waals surface area contributed by atoms with Gasteiger partial charge in [0.15, 0.2) is 24.1 Å². The first kappa shape index (κ1) is 21.8. The second-order valence-electron chi connectivity index (χ2n) is 7.73. The van der Waals surface area contributed by atoms with Gasteiger partial charge in [0.25, 0.3) is 5.91 Å².